The van der Waals surface area contributed by atoms with Gasteiger partial charge in [-0.1, -0.05) is 48.0 Å². The molecule has 2 aromatic carbocycles. The molecule has 0 fully saturated rings. The van der Waals surface area contributed by atoms with Crippen molar-refractivity contribution in [3.05, 3.63) is 59.7 Å². The van der Waals surface area contributed by atoms with Gasteiger partial charge in [0.1, 0.15) is 6.29 Å². The van der Waals surface area contributed by atoms with Gasteiger partial charge >= 0.3 is 0 Å². The lowest BCUT2D eigenvalue weighted by Gasteiger charge is -2.00. The van der Waals surface area contributed by atoms with Crippen LogP contribution in [0.4, 0.5) is 0 Å². The van der Waals surface area contributed by atoms with Crippen molar-refractivity contribution in [2.45, 2.75) is 6.92 Å². The van der Waals surface area contributed by atoms with E-state index in [2.05, 4.69) is 10.1 Å². The molecule has 3 aromatic rings. The Kier molecular flexibility index (Phi) is 3.36. The zero-order valence-corrected chi connectivity index (χ0v) is 11.9. The molecule has 4 heteroatoms. The van der Waals surface area contributed by atoms with Gasteiger partial charge < -0.3 is 0 Å². The van der Waals surface area contributed by atoms with Crippen LogP contribution in [0.5, 0.6) is 0 Å². The number of carbonyl (C=O) groups is 1. The molecule has 0 saturated heterocycles. The van der Waals surface area contributed by atoms with Crippen molar-refractivity contribution in [3.8, 4) is 22.8 Å². The van der Waals surface area contributed by atoms with Gasteiger partial charge in [0.2, 0.25) is 0 Å². The Morgan fingerprint density at radius 3 is 2.52 bits per heavy atom. The number of aromatic nitrogens is 3. The second-order valence-corrected chi connectivity index (χ2v) is 4.99. The van der Waals surface area contributed by atoms with Gasteiger partial charge in [0, 0.05) is 23.7 Å². The van der Waals surface area contributed by atoms with E-state index < -0.39 is 0 Å². The number of aldehydes is 1. The van der Waals surface area contributed by atoms with Crippen LogP contribution in [0.3, 0.4) is 0 Å². The Bertz CT molecular complexity index is 788. The molecular formula is C17H15N3O. The van der Waals surface area contributed by atoms with Gasteiger partial charge in [-0.15, -0.1) is 0 Å². The van der Waals surface area contributed by atoms with E-state index in [1.165, 1.54) is 5.56 Å². The van der Waals surface area contributed by atoms with E-state index in [-0.39, 0.29) is 0 Å². The summed E-state index contributed by atoms with van der Waals surface area (Å²) in [6.07, 6.45) is 0.834. The van der Waals surface area contributed by atoms with Crippen molar-refractivity contribution in [1.29, 1.82) is 0 Å². The van der Waals surface area contributed by atoms with E-state index in [0.29, 0.717) is 11.4 Å². The predicted molar refractivity (Wildman–Crippen MR) is 82.0 cm³/mol. The second-order valence-electron chi connectivity index (χ2n) is 4.99. The first-order valence-corrected chi connectivity index (χ1v) is 6.71. The van der Waals surface area contributed by atoms with Crippen molar-refractivity contribution >= 4 is 6.29 Å². The number of carbonyl (C=O) groups excluding carboxylic acids is 1. The smallest absolute Gasteiger partial charge is 0.181 e. The molecule has 0 bridgehead atoms. The van der Waals surface area contributed by atoms with Crippen molar-refractivity contribution in [2.24, 2.45) is 7.05 Å². The Hall–Kier alpha value is -2.75. The fourth-order valence-corrected chi connectivity index (χ4v) is 2.21. The van der Waals surface area contributed by atoms with Crippen LogP contribution in [0.15, 0.2) is 48.5 Å². The predicted octanol–water partition coefficient (Wildman–Crippen LogP) is 3.27. The first-order valence-electron chi connectivity index (χ1n) is 6.71. The highest BCUT2D eigenvalue weighted by Gasteiger charge is 2.11. The van der Waals surface area contributed by atoms with Crippen LogP contribution in [0.25, 0.3) is 22.8 Å². The molecule has 0 radical (unpaired) electrons. The zero-order valence-electron chi connectivity index (χ0n) is 11.9. The third kappa shape index (κ3) is 2.60. The van der Waals surface area contributed by atoms with Crippen LogP contribution in [0.2, 0.25) is 0 Å². The number of rotatable bonds is 3. The molecule has 21 heavy (non-hydrogen) atoms. The van der Waals surface area contributed by atoms with E-state index in [1.807, 2.05) is 56.4 Å². The third-order valence-corrected chi connectivity index (χ3v) is 3.35. The summed E-state index contributed by atoms with van der Waals surface area (Å²) in [6, 6.07) is 15.5. The maximum absolute atomic E-state index is 10.9. The van der Waals surface area contributed by atoms with E-state index in [4.69, 9.17) is 0 Å². The molecule has 3 rings (SSSR count). The van der Waals surface area contributed by atoms with E-state index in [1.54, 1.807) is 10.7 Å². The van der Waals surface area contributed by atoms with Crippen LogP contribution in [-0.4, -0.2) is 21.1 Å². The summed E-state index contributed by atoms with van der Waals surface area (Å²) in [5, 5.41) is 4.46. The summed E-state index contributed by atoms with van der Waals surface area (Å²) in [7, 11) is 1.85. The molecule has 0 aliphatic heterocycles. The highest BCUT2D eigenvalue weighted by Crippen LogP contribution is 2.22. The number of nitrogens with zero attached hydrogens (tertiary/aromatic N) is 3. The van der Waals surface area contributed by atoms with Crippen molar-refractivity contribution < 1.29 is 4.79 Å². The Balaban J connectivity index is 2.05. The van der Waals surface area contributed by atoms with Gasteiger partial charge in [0.05, 0.1) is 0 Å². The first kappa shape index (κ1) is 13.2. The molecule has 1 aromatic heterocycles. The summed E-state index contributed by atoms with van der Waals surface area (Å²) < 4.78 is 1.74. The summed E-state index contributed by atoms with van der Waals surface area (Å²) in [4.78, 5) is 15.5. The van der Waals surface area contributed by atoms with E-state index >= 15 is 0 Å². The standard InChI is InChI=1S/C17H15N3O/c1-12-6-8-14(9-7-12)16-18-17(20(2)19-16)15-5-3-4-13(10-15)11-21/h3-11H,1-2H3. The molecule has 0 amide bonds. The van der Waals surface area contributed by atoms with Gasteiger partial charge in [-0.3, -0.25) is 4.79 Å². The summed E-state index contributed by atoms with van der Waals surface area (Å²) in [6.45, 7) is 2.05. The fraction of sp³-hybridized carbons (Fsp3) is 0.118. The Morgan fingerprint density at radius 1 is 1.05 bits per heavy atom. The van der Waals surface area contributed by atoms with Gasteiger partial charge in [0.15, 0.2) is 11.6 Å². The largest absolute Gasteiger partial charge is 0.298 e. The monoisotopic (exact) mass is 277 g/mol. The molecule has 1 heterocycles. The molecule has 0 N–H and O–H groups in total. The van der Waals surface area contributed by atoms with Gasteiger partial charge in [-0.2, -0.15) is 5.10 Å². The minimum atomic E-state index is 0.632. The first-order chi connectivity index (χ1) is 10.2. The lowest BCUT2D eigenvalue weighted by atomic mass is 10.1. The molecule has 0 spiro atoms. The third-order valence-electron chi connectivity index (χ3n) is 3.35. The Labute approximate surface area is 123 Å². The van der Waals surface area contributed by atoms with Gasteiger partial charge in [-0.25, -0.2) is 9.67 Å². The molecular weight excluding hydrogens is 262 g/mol. The van der Waals surface area contributed by atoms with E-state index in [9.17, 15) is 4.79 Å². The summed E-state index contributed by atoms with van der Waals surface area (Å²) in [5.41, 5.74) is 3.70. The lowest BCUT2D eigenvalue weighted by Crippen LogP contribution is -1.95. The van der Waals surface area contributed by atoms with Crippen LogP contribution < -0.4 is 0 Å². The highest BCUT2D eigenvalue weighted by atomic mass is 16.1. The van der Waals surface area contributed by atoms with E-state index in [0.717, 1.165) is 23.2 Å². The van der Waals surface area contributed by atoms with Crippen molar-refractivity contribution in [3.63, 3.8) is 0 Å². The SMILES string of the molecule is Cc1ccc(-c2nc(-c3cccc(C=O)c3)n(C)n2)cc1. The number of benzene rings is 2. The van der Waals surface area contributed by atoms with Crippen LogP contribution in [0.1, 0.15) is 15.9 Å². The fourth-order valence-electron chi connectivity index (χ4n) is 2.21. The summed E-state index contributed by atoms with van der Waals surface area (Å²) >= 11 is 0. The minimum absolute atomic E-state index is 0.632. The normalized spacial score (nSPS) is 10.6. The van der Waals surface area contributed by atoms with Crippen molar-refractivity contribution in [1.82, 2.24) is 14.8 Å². The van der Waals surface area contributed by atoms with Crippen molar-refractivity contribution in [2.75, 3.05) is 0 Å². The number of aryl methyl sites for hydroxylation is 2. The molecule has 0 saturated carbocycles. The average molecular weight is 277 g/mol. The van der Waals surface area contributed by atoms with Gasteiger partial charge in [-0.05, 0) is 13.0 Å². The Morgan fingerprint density at radius 2 is 1.81 bits per heavy atom. The number of hydrogen-bond acceptors (Lipinski definition) is 3. The molecule has 0 atom stereocenters. The number of hydrogen-bond donors (Lipinski definition) is 0. The molecule has 104 valence electrons. The van der Waals surface area contributed by atoms with Gasteiger partial charge in [0.25, 0.3) is 0 Å². The maximum atomic E-state index is 10.9. The van der Waals surface area contributed by atoms with Crippen LogP contribution in [-0.2, 0) is 7.05 Å². The molecule has 0 aliphatic carbocycles. The average Bonchev–Trinajstić information content (AvgIpc) is 2.90. The van der Waals surface area contributed by atoms with Crippen LogP contribution in [0, 0.1) is 6.92 Å². The summed E-state index contributed by atoms with van der Waals surface area (Å²) in [5.74, 6) is 1.43. The second kappa shape index (κ2) is 5.32. The molecule has 0 aliphatic rings. The topological polar surface area (TPSA) is 47.8 Å². The highest BCUT2D eigenvalue weighted by molar-refractivity contribution is 5.78. The minimum Gasteiger partial charge on any atom is -0.298 e. The maximum Gasteiger partial charge on any atom is 0.181 e. The zero-order chi connectivity index (χ0) is 14.8. The quantitative estimate of drug-likeness (QED) is 0.690. The lowest BCUT2D eigenvalue weighted by molar-refractivity contribution is 0.112. The molecule has 4 nitrogen and oxygen atoms in total. The molecule has 0 unspecified atom stereocenters. The van der Waals surface area contributed by atoms with Crippen LogP contribution >= 0.6 is 0 Å².